The summed E-state index contributed by atoms with van der Waals surface area (Å²) in [5, 5.41) is 0.888. The fourth-order valence-corrected chi connectivity index (χ4v) is 1.21. The minimum absolute atomic E-state index is 0.186. The largest absolute Gasteiger partial charge is 0.374 e. The van der Waals surface area contributed by atoms with E-state index in [2.05, 4.69) is 15.9 Å². The summed E-state index contributed by atoms with van der Waals surface area (Å²) in [6.45, 7) is 1.96. The Morgan fingerprint density at radius 3 is 2.64 bits per heavy atom. The molecule has 0 rings (SSSR count). The van der Waals surface area contributed by atoms with E-state index in [9.17, 15) is 4.79 Å². The van der Waals surface area contributed by atoms with E-state index in [-0.39, 0.29) is 11.9 Å². The van der Waals surface area contributed by atoms with Gasteiger partial charge in [0.05, 0.1) is 0 Å². The highest BCUT2D eigenvalue weighted by molar-refractivity contribution is 9.09. The summed E-state index contributed by atoms with van der Waals surface area (Å²) in [6.07, 6.45) is 2.11. The predicted molar refractivity (Wildman–Crippen MR) is 49.1 cm³/mol. The summed E-state index contributed by atoms with van der Waals surface area (Å²) < 4.78 is 4.99. The lowest BCUT2D eigenvalue weighted by Crippen LogP contribution is -2.21. The van der Waals surface area contributed by atoms with E-state index >= 15 is 0 Å². The number of carbonyl (C=O) groups excluding carboxylic acids is 1. The summed E-state index contributed by atoms with van der Waals surface area (Å²) >= 11 is 3.28. The van der Waals surface area contributed by atoms with Gasteiger partial charge in [0, 0.05) is 18.9 Å². The van der Waals surface area contributed by atoms with Crippen LogP contribution in [0.2, 0.25) is 0 Å². The van der Waals surface area contributed by atoms with Crippen LogP contribution < -0.4 is 0 Å². The van der Waals surface area contributed by atoms with Gasteiger partial charge < -0.3 is 4.74 Å². The summed E-state index contributed by atoms with van der Waals surface area (Å²) in [6, 6.07) is 0. The lowest BCUT2D eigenvalue weighted by molar-refractivity contribution is -0.128. The second kappa shape index (κ2) is 6.80. The van der Waals surface area contributed by atoms with Crippen molar-refractivity contribution >= 4 is 21.7 Å². The fourth-order valence-electron chi connectivity index (χ4n) is 0.928. The molecule has 0 aliphatic rings. The minimum atomic E-state index is -0.186. The first-order chi connectivity index (χ1) is 5.26. The zero-order chi connectivity index (χ0) is 8.69. The van der Waals surface area contributed by atoms with Crippen molar-refractivity contribution in [2.75, 3.05) is 12.4 Å². The Kier molecular flexibility index (Phi) is 6.87. The molecule has 0 heterocycles. The highest BCUT2D eigenvalue weighted by Gasteiger charge is 2.13. The normalized spacial score (nSPS) is 13.0. The first-order valence-corrected chi connectivity index (χ1v) is 4.99. The lowest BCUT2D eigenvalue weighted by Gasteiger charge is -2.10. The van der Waals surface area contributed by atoms with Gasteiger partial charge in [-0.15, -0.1) is 0 Å². The monoisotopic (exact) mass is 222 g/mol. The second-order valence-corrected chi connectivity index (χ2v) is 3.18. The molecular formula is C8H15BrO2. The standard InChI is InChI=1S/C8H15BrO2/c1-3-8(11-2)7(10)5-4-6-9/h8H,3-6H2,1-2H3. The molecule has 0 radical (unpaired) electrons. The smallest absolute Gasteiger partial charge is 0.161 e. The Morgan fingerprint density at radius 2 is 2.27 bits per heavy atom. The van der Waals surface area contributed by atoms with Crippen molar-refractivity contribution in [2.45, 2.75) is 32.3 Å². The predicted octanol–water partition coefficient (Wildman–Crippen LogP) is 2.16. The van der Waals surface area contributed by atoms with Crippen molar-refractivity contribution in [1.29, 1.82) is 0 Å². The molecule has 0 aromatic heterocycles. The van der Waals surface area contributed by atoms with E-state index in [0.29, 0.717) is 6.42 Å². The molecular weight excluding hydrogens is 208 g/mol. The maximum atomic E-state index is 11.2. The molecule has 0 aromatic rings. The van der Waals surface area contributed by atoms with E-state index in [0.717, 1.165) is 18.2 Å². The summed E-state index contributed by atoms with van der Waals surface area (Å²) in [4.78, 5) is 11.2. The highest BCUT2D eigenvalue weighted by Crippen LogP contribution is 2.04. The molecule has 3 heteroatoms. The molecule has 0 N–H and O–H groups in total. The third-order valence-electron chi connectivity index (χ3n) is 1.57. The molecule has 1 atom stereocenters. The van der Waals surface area contributed by atoms with Crippen molar-refractivity contribution in [3.8, 4) is 0 Å². The number of ether oxygens (including phenoxy) is 1. The van der Waals surface area contributed by atoms with Crippen LogP contribution in [0, 0.1) is 0 Å². The third kappa shape index (κ3) is 4.53. The average molecular weight is 223 g/mol. The van der Waals surface area contributed by atoms with Gasteiger partial charge in [0.25, 0.3) is 0 Å². The molecule has 0 spiro atoms. The van der Waals surface area contributed by atoms with Crippen LogP contribution in [0.25, 0.3) is 0 Å². The van der Waals surface area contributed by atoms with Crippen LogP contribution in [0.5, 0.6) is 0 Å². The minimum Gasteiger partial charge on any atom is -0.374 e. The topological polar surface area (TPSA) is 26.3 Å². The number of hydrogen-bond donors (Lipinski definition) is 0. The number of carbonyl (C=O) groups is 1. The van der Waals surface area contributed by atoms with Crippen LogP contribution in [0.1, 0.15) is 26.2 Å². The quantitative estimate of drug-likeness (QED) is 0.645. The first kappa shape index (κ1) is 11.1. The van der Waals surface area contributed by atoms with Crippen molar-refractivity contribution < 1.29 is 9.53 Å². The number of Topliss-reactive ketones (excluding diaryl/α,β-unsaturated/α-hetero) is 1. The Balaban J connectivity index is 3.61. The molecule has 1 unspecified atom stereocenters. The van der Waals surface area contributed by atoms with E-state index in [1.165, 1.54) is 0 Å². The molecule has 0 fully saturated rings. The van der Waals surface area contributed by atoms with Crippen LogP contribution in [-0.4, -0.2) is 24.3 Å². The van der Waals surface area contributed by atoms with Crippen molar-refractivity contribution in [2.24, 2.45) is 0 Å². The van der Waals surface area contributed by atoms with Gasteiger partial charge in [0.1, 0.15) is 6.10 Å². The van der Waals surface area contributed by atoms with Gasteiger partial charge in [0.15, 0.2) is 5.78 Å². The van der Waals surface area contributed by atoms with E-state index in [1.807, 2.05) is 6.92 Å². The van der Waals surface area contributed by atoms with Gasteiger partial charge in [-0.3, -0.25) is 4.79 Å². The van der Waals surface area contributed by atoms with Crippen molar-refractivity contribution in [1.82, 2.24) is 0 Å². The SMILES string of the molecule is CCC(OC)C(=O)CCCBr. The van der Waals surface area contributed by atoms with Gasteiger partial charge in [-0.05, 0) is 12.8 Å². The molecule has 0 aromatic carbocycles. The maximum absolute atomic E-state index is 11.2. The Hall–Kier alpha value is 0.110. The van der Waals surface area contributed by atoms with E-state index in [4.69, 9.17) is 4.74 Å². The number of rotatable bonds is 6. The Morgan fingerprint density at radius 1 is 1.64 bits per heavy atom. The molecule has 66 valence electrons. The molecule has 0 amide bonds. The molecule has 2 nitrogen and oxygen atoms in total. The van der Waals surface area contributed by atoms with Crippen LogP contribution >= 0.6 is 15.9 Å². The highest BCUT2D eigenvalue weighted by atomic mass is 79.9. The summed E-state index contributed by atoms with van der Waals surface area (Å²) in [5.41, 5.74) is 0. The summed E-state index contributed by atoms with van der Waals surface area (Å²) in [7, 11) is 1.58. The fraction of sp³-hybridized carbons (Fsp3) is 0.875. The van der Waals surface area contributed by atoms with Gasteiger partial charge in [0.2, 0.25) is 0 Å². The van der Waals surface area contributed by atoms with Crippen LogP contribution in [-0.2, 0) is 9.53 Å². The average Bonchev–Trinajstić information content (AvgIpc) is 2.03. The number of halogens is 1. The van der Waals surface area contributed by atoms with Gasteiger partial charge >= 0.3 is 0 Å². The van der Waals surface area contributed by atoms with Crippen molar-refractivity contribution in [3.63, 3.8) is 0 Å². The number of methoxy groups -OCH3 is 1. The molecule has 0 aliphatic carbocycles. The first-order valence-electron chi connectivity index (χ1n) is 3.87. The van der Waals surface area contributed by atoms with Crippen molar-refractivity contribution in [3.05, 3.63) is 0 Å². The maximum Gasteiger partial charge on any atom is 0.161 e. The molecule has 0 aliphatic heterocycles. The third-order valence-corrected chi connectivity index (χ3v) is 2.13. The molecule has 11 heavy (non-hydrogen) atoms. The van der Waals surface area contributed by atoms with Crippen LogP contribution in [0.3, 0.4) is 0 Å². The molecule has 0 saturated carbocycles. The number of ketones is 1. The number of hydrogen-bond acceptors (Lipinski definition) is 2. The second-order valence-electron chi connectivity index (χ2n) is 2.39. The Bertz CT molecular complexity index is 111. The van der Waals surface area contributed by atoms with Gasteiger partial charge in [-0.1, -0.05) is 22.9 Å². The molecule has 0 bridgehead atoms. The van der Waals surface area contributed by atoms with Gasteiger partial charge in [-0.25, -0.2) is 0 Å². The Labute approximate surface area is 76.4 Å². The van der Waals surface area contributed by atoms with E-state index < -0.39 is 0 Å². The van der Waals surface area contributed by atoms with Crippen LogP contribution in [0.4, 0.5) is 0 Å². The van der Waals surface area contributed by atoms with Crippen LogP contribution in [0.15, 0.2) is 0 Å². The summed E-state index contributed by atoms with van der Waals surface area (Å²) in [5.74, 6) is 0.217. The lowest BCUT2D eigenvalue weighted by atomic mass is 10.1. The zero-order valence-electron chi connectivity index (χ0n) is 7.10. The zero-order valence-corrected chi connectivity index (χ0v) is 8.69. The van der Waals surface area contributed by atoms with Gasteiger partial charge in [-0.2, -0.15) is 0 Å². The van der Waals surface area contributed by atoms with E-state index in [1.54, 1.807) is 7.11 Å². The molecule has 0 saturated heterocycles. The number of alkyl halides is 1.